The second-order valence-corrected chi connectivity index (χ2v) is 4.23. The van der Waals surface area contributed by atoms with E-state index >= 15 is 0 Å². The molecule has 0 aliphatic rings. The van der Waals surface area contributed by atoms with Crippen molar-refractivity contribution in [3.05, 3.63) is 42.5 Å². The van der Waals surface area contributed by atoms with E-state index in [-0.39, 0.29) is 5.91 Å². The highest BCUT2D eigenvalue weighted by atomic mass is 16.5. The molecule has 0 fully saturated rings. The normalized spacial score (nSPS) is 11.7. The lowest BCUT2D eigenvalue weighted by Gasteiger charge is -2.19. The fraction of sp³-hybridized carbons (Fsp3) is 0.357. The van der Waals surface area contributed by atoms with Gasteiger partial charge in [-0.1, -0.05) is 24.8 Å². The van der Waals surface area contributed by atoms with Gasteiger partial charge in [0, 0.05) is 13.6 Å². The van der Waals surface area contributed by atoms with Crippen molar-refractivity contribution >= 4 is 5.91 Å². The van der Waals surface area contributed by atoms with Crippen molar-refractivity contribution in [2.75, 3.05) is 13.7 Å². The van der Waals surface area contributed by atoms with Crippen LogP contribution in [0.15, 0.2) is 36.9 Å². The van der Waals surface area contributed by atoms with E-state index in [2.05, 4.69) is 6.58 Å². The molecule has 1 amide bonds. The molecule has 0 spiro atoms. The Bertz CT molecular complexity index is 399. The SMILES string of the molecule is C=CCOc1ccc(CN(C)C(=O)C(C)N)cc1. The first kappa shape index (κ1) is 14.3. The second-order valence-electron chi connectivity index (χ2n) is 4.23. The lowest BCUT2D eigenvalue weighted by Crippen LogP contribution is -2.39. The van der Waals surface area contributed by atoms with Gasteiger partial charge >= 0.3 is 0 Å². The number of carbonyl (C=O) groups is 1. The highest BCUT2D eigenvalue weighted by Gasteiger charge is 2.13. The van der Waals surface area contributed by atoms with Gasteiger partial charge in [0.05, 0.1) is 6.04 Å². The predicted octanol–water partition coefficient (Wildman–Crippen LogP) is 1.56. The van der Waals surface area contributed by atoms with Gasteiger partial charge in [0.15, 0.2) is 0 Å². The topological polar surface area (TPSA) is 55.6 Å². The monoisotopic (exact) mass is 248 g/mol. The third-order valence-corrected chi connectivity index (χ3v) is 2.48. The van der Waals surface area contributed by atoms with Gasteiger partial charge in [-0.15, -0.1) is 0 Å². The molecule has 4 nitrogen and oxygen atoms in total. The van der Waals surface area contributed by atoms with E-state index < -0.39 is 6.04 Å². The second kappa shape index (κ2) is 6.81. The Morgan fingerprint density at radius 1 is 1.50 bits per heavy atom. The Kier molecular flexibility index (Phi) is 5.39. The third-order valence-electron chi connectivity index (χ3n) is 2.48. The standard InChI is InChI=1S/C14H20N2O2/c1-4-9-18-13-7-5-12(6-8-13)10-16(3)14(17)11(2)15/h4-8,11H,1,9-10,15H2,2-3H3. The van der Waals surface area contributed by atoms with E-state index in [1.54, 1.807) is 24.9 Å². The Labute approximate surface area is 108 Å². The molecule has 0 radical (unpaired) electrons. The molecule has 1 aromatic carbocycles. The Balaban J connectivity index is 2.58. The lowest BCUT2D eigenvalue weighted by atomic mass is 10.2. The minimum Gasteiger partial charge on any atom is -0.490 e. The number of carbonyl (C=O) groups excluding carboxylic acids is 1. The molecule has 0 heterocycles. The van der Waals surface area contributed by atoms with Gasteiger partial charge in [-0.2, -0.15) is 0 Å². The van der Waals surface area contributed by atoms with Crippen LogP contribution in [0.4, 0.5) is 0 Å². The summed E-state index contributed by atoms with van der Waals surface area (Å²) in [5.74, 6) is 0.724. The molecule has 2 N–H and O–H groups in total. The van der Waals surface area contributed by atoms with Crippen molar-refractivity contribution in [2.45, 2.75) is 19.5 Å². The molecular formula is C14H20N2O2. The van der Waals surface area contributed by atoms with Crippen LogP contribution in [-0.2, 0) is 11.3 Å². The average Bonchev–Trinajstić information content (AvgIpc) is 2.36. The summed E-state index contributed by atoms with van der Waals surface area (Å²) in [6.45, 7) is 6.31. The number of ether oxygens (including phenoxy) is 1. The fourth-order valence-electron chi connectivity index (χ4n) is 1.55. The molecule has 1 unspecified atom stereocenters. The summed E-state index contributed by atoms with van der Waals surface area (Å²) in [5.41, 5.74) is 6.59. The maximum atomic E-state index is 11.6. The molecular weight excluding hydrogens is 228 g/mol. The van der Waals surface area contributed by atoms with Gasteiger partial charge in [-0.3, -0.25) is 4.79 Å². The summed E-state index contributed by atoms with van der Waals surface area (Å²) in [4.78, 5) is 13.2. The van der Waals surface area contributed by atoms with Crippen molar-refractivity contribution in [3.8, 4) is 5.75 Å². The van der Waals surface area contributed by atoms with Gasteiger partial charge in [-0.05, 0) is 24.6 Å². The van der Waals surface area contributed by atoms with E-state index in [4.69, 9.17) is 10.5 Å². The first-order valence-corrected chi connectivity index (χ1v) is 5.87. The van der Waals surface area contributed by atoms with Crippen LogP contribution in [0.2, 0.25) is 0 Å². The first-order chi connectivity index (χ1) is 8.54. The van der Waals surface area contributed by atoms with Crippen LogP contribution in [0.1, 0.15) is 12.5 Å². The molecule has 4 heteroatoms. The van der Waals surface area contributed by atoms with Gasteiger partial charge in [0.2, 0.25) is 5.91 Å². The van der Waals surface area contributed by atoms with E-state index in [9.17, 15) is 4.79 Å². The zero-order chi connectivity index (χ0) is 13.5. The number of nitrogens with two attached hydrogens (primary N) is 1. The number of benzene rings is 1. The number of amides is 1. The molecule has 0 saturated heterocycles. The zero-order valence-electron chi connectivity index (χ0n) is 10.9. The van der Waals surface area contributed by atoms with Crippen LogP contribution in [0.25, 0.3) is 0 Å². The lowest BCUT2D eigenvalue weighted by molar-refractivity contribution is -0.131. The van der Waals surface area contributed by atoms with Gasteiger partial charge in [0.1, 0.15) is 12.4 Å². The van der Waals surface area contributed by atoms with Crippen LogP contribution in [-0.4, -0.2) is 30.5 Å². The Hall–Kier alpha value is -1.81. The molecule has 0 aliphatic heterocycles. The first-order valence-electron chi connectivity index (χ1n) is 5.87. The molecule has 1 aromatic rings. The molecule has 0 bridgehead atoms. The van der Waals surface area contributed by atoms with Crippen LogP contribution < -0.4 is 10.5 Å². The molecule has 0 saturated carbocycles. The van der Waals surface area contributed by atoms with Crippen molar-refractivity contribution in [3.63, 3.8) is 0 Å². The fourth-order valence-corrected chi connectivity index (χ4v) is 1.55. The average molecular weight is 248 g/mol. The van der Waals surface area contributed by atoms with Crippen molar-refractivity contribution < 1.29 is 9.53 Å². The maximum Gasteiger partial charge on any atom is 0.239 e. The highest BCUT2D eigenvalue weighted by molar-refractivity contribution is 5.80. The Morgan fingerprint density at radius 3 is 2.61 bits per heavy atom. The summed E-state index contributed by atoms with van der Waals surface area (Å²) in [6, 6.07) is 7.16. The Morgan fingerprint density at radius 2 is 2.11 bits per heavy atom. The van der Waals surface area contributed by atoms with Crippen LogP contribution in [0.5, 0.6) is 5.75 Å². The number of hydrogen-bond donors (Lipinski definition) is 1. The quantitative estimate of drug-likeness (QED) is 0.777. The van der Waals surface area contributed by atoms with E-state index in [0.29, 0.717) is 13.2 Å². The van der Waals surface area contributed by atoms with Crippen LogP contribution >= 0.6 is 0 Å². The molecule has 1 rings (SSSR count). The summed E-state index contributed by atoms with van der Waals surface area (Å²) < 4.78 is 5.38. The minimum absolute atomic E-state index is 0.0676. The van der Waals surface area contributed by atoms with Crippen LogP contribution in [0, 0.1) is 0 Å². The predicted molar refractivity (Wildman–Crippen MR) is 72.3 cm³/mol. The minimum atomic E-state index is -0.467. The van der Waals surface area contributed by atoms with E-state index in [1.807, 2.05) is 24.3 Å². The molecule has 1 atom stereocenters. The van der Waals surface area contributed by atoms with Crippen molar-refractivity contribution in [1.29, 1.82) is 0 Å². The number of likely N-dealkylation sites (N-methyl/N-ethyl adjacent to an activating group) is 1. The molecule has 0 aromatic heterocycles. The summed E-state index contributed by atoms with van der Waals surface area (Å²) >= 11 is 0. The zero-order valence-corrected chi connectivity index (χ0v) is 10.9. The van der Waals surface area contributed by atoms with Gasteiger partial charge in [0.25, 0.3) is 0 Å². The van der Waals surface area contributed by atoms with Gasteiger partial charge in [-0.25, -0.2) is 0 Å². The van der Waals surface area contributed by atoms with Crippen LogP contribution in [0.3, 0.4) is 0 Å². The summed E-state index contributed by atoms with van der Waals surface area (Å²) in [6.07, 6.45) is 1.70. The molecule has 18 heavy (non-hydrogen) atoms. The summed E-state index contributed by atoms with van der Waals surface area (Å²) in [5, 5.41) is 0. The third kappa shape index (κ3) is 4.22. The van der Waals surface area contributed by atoms with E-state index in [0.717, 1.165) is 11.3 Å². The van der Waals surface area contributed by atoms with Crippen molar-refractivity contribution in [2.24, 2.45) is 5.73 Å². The number of rotatable bonds is 6. The molecule has 98 valence electrons. The maximum absolute atomic E-state index is 11.6. The van der Waals surface area contributed by atoms with E-state index in [1.165, 1.54) is 0 Å². The highest BCUT2D eigenvalue weighted by Crippen LogP contribution is 2.13. The smallest absolute Gasteiger partial charge is 0.239 e. The van der Waals surface area contributed by atoms with Gasteiger partial charge < -0.3 is 15.4 Å². The van der Waals surface area contributed by atoms with Crippen molar-refractivity contribution in [1.82, 2.24) is 4.90 Å². The summed E-state index contributed by atoms with van der Waals surface area (Å²) in [7, 11) is 1.74. The number of hydrogen-bond acceptors (Lipinski definition) is 3. The molecule has 0 aliphatic carbocycles. The number of nitrogens with zero attached hydrogens (tertiary/aromatic N) is 1. The largest absolute Gasteiger partial charge is 0.490 e.